The van der Waals surface area contributed by atoms with E-state index in [1.54, 1.807) is 0 Å². The van der Waals surface area contributed by atoms with E-state index in [0.29, 0.717) is 43.2 Å². The molecular formula is C21H32O4. The number of aliphatic hydroxyl groups excluding tert-OH is 1. The van der Waals surface area contributed by atoms with Crippen molar-refractivity contribution in [1.82, 2.24) is 0 Å². The molecule has 1 N–H and O–H groups in total. The van der Waals surface area contributed by atoms with Crippen molar-refractivity contribution in [3.8, 4) is 0 Å². The zero-order chi connectivity index (χ0) is 17.4. The summed E-state index contributed by atoms with van der Waals surface area (Å²) in [6.45, 7) is 6.15. The molecular weight excluding hydrogens is 316 g/mol. The van der Waals surface area contributed by atoms with Crippen molar-refractivity contribution in [1.29, 1.82) is 0 Å². The summed E-state index contributed by atoms with van der Waals surface area (Å²) in [6, 6.07) is 0. The second kappa shape index (κ2) is 5.30. The smallest absolute Gasteiger partial charge is 0.174 e. The first kappa shape index (κ1) is 16.7. The summed E-state index contributed by atoms with van der Waals surface area (Å²) in [7, 11) is 0. The Balaban J connectivity index is 1.50. The maximum absolute atomic E-state index is 13.3. The molecule has 4 aliphatic carbocycles. The van der Waals surface area contributed by atoms with Gasteiger partial charge in [0.1, 0.15) is 5.78 Å². The van der Waals surface area contributed by atoms with Crippen LogP contribution < -0.4 is 0 Å². The first-order valence-corrected chi connectivity index (χ1v) is 10.4. The molecule has 0 aromatic carbocycles. The molecule has 0 aromatic heterocycles. The third-order valence-corrected chi connectivity index (χ3v) is 9.24. The molecule has 0 bridgehead atoms. The van der Waals surface area contributed by atoms with E-state index >= 15 is 0 Å². The summed E-state index contributed by atoms with van der Waals surface area (Å²) in [6.07, 6.45) is 7.51. The van der Waals surface area contributed by atoms with Crippen molar-refractivity contribution < 1.29 is 19.4 Å². The number of rotatable bonds is 0. The lowest BCUT2D eigenvalue weighted by Gasteiger charge is -2.60. The quantitative estimate of drug-likeness (QED) is 0.730. The van der Waals surface area contributed by atoms with Crippen LogP contribution >= 0.6 is 0 Å². The van der Waals surface area contributed by atoms with Gasteiger partial charge in [-0.2, -0.15) is 0 Å². The van der Waals surface area contributed by atoms with Crippen molar-refractivity contribution in [2.24, 2.45) is 34.5 Å². The standard InChI is InChI=1S/C21H32O4/c1-19-6-3-14(22)11-13(19)12-17(23)18-15(19)4-7-20(2)16(18)5-8-21(20)24-9-10-25-21/h13-16,18,22H,3-12H2,1-2H3/t13?,14-,15?,16?,18?,19-,20-/m0/s1. The van der Waals surface area contributed by atoms with E-state index in [1.165, 1.54) is 0 Å². The lowest BCUT2D eigenvalue weighted by molar-refractivity contribution is -0.245. The van der Waals surface area contributed by atoms with Crippen LogP contribution in [0, 0.1) is 34.5 Å². The molecule has 1 saturated heterocycles. The van der Waals surface area contributed by atoms with Crippen molar-refractivity contribution in [2.75, 3.05) is 13.2 Å². The van der Waals surface area contributed by atoms with Gasteiger partial charge in [0.15, 0.2) is 5.79 Å². The van der Waals surface area contributed by atoms with Crippen LogP contribution in [0.4, 0.5) is 0 Å². The molecule has 4 unspecified atom stereocenters. The van der Waals surface area contributed by atoms with Crippen LogP contribution in [0.5, 0.6) is 0 Å². The SMILES string of the molecule is C[C@]12CC[C@H](O)CC1CC(=O)C1C2CC[C@@]2(C)C1CCC21OCCO1. The van der Waals surface area contributed by atoms with Gasteiger partial charge in [-0.05, 0) is 61.7 Å². The summed E-state index contributed by atoms with van der Waals surface area (Å²) in [5.74, 6) is 1.49. The molecule has 5 rings (SSSR count). The Labute approximate surface area is 150 Å². The first-order valence-electron chi connectivity index (χ1n) is 10.4. The highest BCUT2D eigenvalue weighted by Gasteiger charge is 2.68. The zero-order valence-corrected chi connectivity index (χ0v) is 15.6. The summed E-state index contributed by atoms with van der Waals surface area (Å²) in [5.41, 5.74) is 0.212. The van der Waals surface area contributed by atoms with Gasteiger partial charge in [0.2, 0.25) is 0 Å². The third-order valence-electron chi connectivity index (χ3n) is 9.24. The number of carbonyl (C=O) groups is 1. The van der Waals surface area contributed by atoms with E-state index in [-0.39, 0.29) is 22.9 Å². The van der Waals surface area contributed by atoms with E-state index in [0.717, 1.165) is 44.9 Å². The van der Waals surface area contributed by atoms with Crippen LogP contribution in [0.1, 0.15) is 65.2 Å². The van der Waals surface area contributed by atoms with E-state index < -0.39 is 5.79 Å². The molecule has 140 valence electrons. The fraction of sp³-hybridized carbons (Fsp3) is 0.952. The molecule has 0 amide bonds. The summed E-state index contributed by atoms with van der Waals surface area (Å²) in [5, 5.41) is 10.1. The van der Waals surface area contributed by atoms with Crippen molar-refractivity contribution in [3.63, 3.8) is 0 Å². The lowest BCUT2D eigenvalue weighted by atomic mass is 9.44. The van der Waals surface area contributed by atoms with E-state index in [9.17, 15) is 9.90 Å². The molecule has 1 aliphatic heterocycles. The largest absolute Gasteiger partial charge is 0.393 e. The van der Waals surface area contributed by atoms with Crippen molar-refractivity contribution >= 4 is 5.78 Å². The summed E-state index contributed by atoms with van der Waals surface area (Å²) >= 11 is 0. The lowest BCUT2D eigenvalue weighted by Crippen LogP contribution is -2.59. The number of aliphatic hydroxyl groups is 1. The molecule has 25 heavy (non-hydrogen) atoms. The average Bonchev–Trinajstić information content (AvgIpc) is 3.17. The summed E-state index contributed by atoms with van der Waals surface area (Å²) in [4.78, 5) is 13.3. The highest BCUT2D eigenvalue weighted by Crippen LogP contribution is 2.68. The Bertz CT molecular complexity index is 582. The van der Waals surface area contributed by atoms with Gasteiger partial charge in [0, 0.05) is 24.2 Å². The maximum Gasteiger partial charge on any atom is 0.174 e. The third kappa shape index (κ3) is 2.02. The van der Waals surface area contributed by atoms with E-state index in [2.05, 4.69) is 13.8 Å². The molecule has 0 aromatic rings. The highest BCUT2D eigenvalue weighted by atomic mass is 16.7. The van der Waals surface area contributed by atoms with Crippen LogP contribution in [-0.2, 0) is 14.3 Å². The van der Waals surface area contributed by atoms with Crippen LogP contribution in [0.15, 0.2) is 0 Å². The second-order valence-corrected chi connectivity index (χ2v) is 9.98. The minimum Gasteiger partial charge on any atom is -0.393 e. The topological polar surface area (TPSA) is 55.8 Å². The highest BCUT2D eigenvalue weighted by molar-refractivity contribution is 5.83. The van der Waals surface area contributed by atoms with Gasteiger partial charge in [0.05, 0.1) is 19.3 Å². The Morgan fingerprint density at radius 1 is 1.00 bits per heavy atom. The second-order valence-electron chi connectivity index (χ2n) is 9.98. The fourth-order valence-corrected chi connectivity index (χ4v) is 7.80. The molecule has 1 spiro atoms. The molecule has 5 aliphatic rings. The Kier molecular flexibility index (Phi) is 3.54. The fourth-order valence-electron chi connectivity index (χ4n) is 7.80. The maximum atomic E-state index is 13.3. The van der Waals surface area contributed by atoms with E-state index in [4.69, 9.17) is 9.47 Å². The van der Waals surface area contributed by atoms with Gasteiger partial charge < -0.3 is 14.6 Å². The Hall–Kier alpha value is -0.450. The Morgan fingerprint density at radius 3 is 2.48 bits per heavy atom. The molecule has 4 nitrogen and oxygen atoms in total. The molecule has 4 heteroatoms. The Morgan fingerprint density at radius 2 is 1.72 bits per heavy atom. The minimum atomic E-state index is -0.427. The van der Waals surface area contributed by atoms with Gasteiger partial charge in [-0.15, -0.1) is 0 Å². The van der Waals surface area contributed by atoms with Crippen molar-refractivity contribution in [2.45, 2.75) is 77.1 Å². The van der Waals surface area contributed by atoms with Crippen LogP contribution in [0.25, 0.3) is 0 Å². The normalized spacial score (nSPS) is 54.2. The van der Waals surface area contributed by atoms with Gasteiger partial charge in [-0.25, -0.2) is 0 Å². The number of hydrogen-bond donors (Lipinski definition) is 1. The number of ether oxygens (including phenoxy) is 2. The van der Waals surface area contributed by atoms with Crippen LogP contribution in [0.3, 0.4) is 0 Å². The van der Waals surface area contributed by atoms with Gasteiger partial charge >= 0.3 is 0 Å². The molecule has 4 saturated carbocycles. The number of hydrogen-bond acceptors (Lipinski definition) is 4. The molecule has 0 radical (unpaired) electrons. The molecule has 5 fully saturated rings. The zero-order valence-electron chi connectivity index (χ0n) is 15.6. The predicted octanol–water partition coefficient (Wildman–Crippen LogP) is 3.31. The summed E-state index contributed by atoms with van der Waals surface area (Å²) < 4.78 is 12.3. The van der Waals surface area contributed by atoms with Crippen LogP contribution in [0.2, 0.25) is 0 Å². The first-order chi connectivity index (χ1) is 11.9. The van der Waals surface area contributed by atoms with Crippen LogP contribution in [-0.4, -0.2) is 36.0 Å². The monoisotopic (exact) mass is 348 g/mol. The number of Topliss-reactive ketones (excluding diaryl/α,β-unsaturated/α-hetero) is 1. The molecule has 7 atom stereocenters. The number of ketones is 1. The van der Waals surface area contributed by atoms with Gasteiger partial charge in [0.25, 0.3) is 0 Å². The van der Waals surface area contributed by atoms with Crippen molar-refractivity contribution in [3.05, 3.63) is 0 Å². The van der Waals surface area contributed by atoms with Gasteiger partial charge in [-0.1, -0.05) is 13.8 Å². The van der Waals surface area contributed by atoms with Gasteiger partial charge in [-0.3, -0.25) is 4.79 Å². The minimum absolute atomic E-state index is 0.0162. The van der Waals surface area contributed by atoms with E-state index in [1.807, 2.05) is 0 Å². The molecule has 1 heterocycles. The average molecular weight is 348 g/mol. The predicted molar refractivity (Wildman–Crippen MR) is 92.8 cm³/mol. The number of fused-ring (bicyclic) bond motifs is 6. The number of carbonyl (C=O) groups excluding carboxylic acids is 1.